The van der Waals surface area contributed by atoms with Crippen molar-refractivity contribution in [2.45, 2.75) is 24.9 Å². The first-order chi connectivity index (χ1) is 19.3. The van der Waals surface area contributed by atoms with Crippen LogP contribution in [0.2, 0.25) is 10.0 Å². The highest BCUT2D eigenvalue weighted by molar-refractivity contribution is 6.33. The minimum atomic E-state index is -1.54. The highest BCUT2D eigenvalue weighted by atomic mass is 35.5. The van der Waals surface area contributed by atoms with E-state index in [1.54, 1.807) is 60.7 Å². The summed E-state index contributed by atoms with van der Waals surface area (Å²) in [6.45, 7) is 2.01. The number of ketones is 3. The standard InChI is InChI=1S/C34H23Cl2NO3/c1-19-6-16-27-22(18-19)11-17-28-34(32(39)25-4-2-3-5-26(25)33(34)40)29(20-7-12-23(35)13-8-20)30(37(27)28)31(38)21-9-14-24(36)15-10-21/h2-18,28-30H,1H3/t28-,29+,30+/m0/s1. The second kappa shape index (κ2) is 9.02. The van der Waals surface area contributed by atoms with Crippen molar-refractivity contribution in [2.24, 2.45) is 5.41 Å². The van der Waals surface area contributed by atoms with Gasteiger partial charge >= 0.3 is 0 Å². The van der Waals surface area contributed by atoms with Gasteiger partial charge in [-0.1, -0.05) is 83.4 Å². The maximum atomic E-state index is 14.6. The van der Waals surface area contributed by atoms with Crippen LogP contribution in [0.15, 0.2) is 97.1 Å². The van der Waals surface area contributed by atoms with Gasteiger partial charge < -0.3 is 4.90 Å². The molecule has 0 unspecified atom stereocenters. The molecule has 0 bridgehead atoms. The van der Waals surface area contributed by atoms with Crippen molar-refractivity contribution in [3.8, 4) is 0 Å². The summed E-state index contributed by atoms with van der Waals surface area (Å²) in [5.74, 6) is -1.47. The van der Waals surface area contributed by atoms with Gasteiger partial charge in [0.15, 0.2) is 17.3 Å². The molecule has 1 fully saturated rings. The minimum absolute atomic E-state index is 0.183. The molecule has 0 aromatic heterocycles. The van der Waals surface area contributed by atoms with Crippen LogP contribution in [-0.4, -0.2) is 29.4 Å². The monoisotopic (exact) mass is 563 g/mol. The normalized spacial score (nSPS) is 21.9. The third-order valence-corrected chi connectivity index (χ3v) is 9.09. The topological polar surface area (TPSA) is 54.5 Å². The van der Waals surface area contributed by atoms with Gasteiger partial charge in [-0.2, -0.15) is 0 Å². The Morgan fingerprint density at radius 3 is 2.02 bits per heavy atom. The van der Waals surface area contributed by atoms with E-state index in [0.717, 1.165) is 16.8 Å². The highest BCUT2D eigenvalue weighted by Gasteiger charge is 2.71. The van der Waals surface area contributed by atoms with Crippen LogP contribution >= 0.6 is 23.2 Å². The molecule has 4 nitrogen and oxygen atoms in total. The first kappa shape index (κ1) is 25.0. The summed E-state index contributed by atoms with van der Waals surface area (Å²) in [7, 11) is 0. The second-order valence-corrected chi connectivity index (χ2v) is 11.6. The number of anilines is 1. The van der Waals surface area contributed by atoms with Crippen LogP contribution in [0.25, 0.3) is 6.08 Å². The van der Waals surface area contributed by atoms with E-state index in [0.29, 0.717) is 32.3 Å². The third-order valence-electron chi connectivity index (χ3n) is 8.59. The number of carbonyl (C=O) groups is 3. The van der Waals surface area contributed by atoms with Gasteiger partial charge in [0.05, 0.1) is 6.04 Å². The first-order valence-corrected chi connectivity index (χ1v) is 13.9. The predicted octanol–water partition coefficient (Wildman–Crippen LogP) is 7.62. The van der Waals surface area contributed by atoms with Crippen molar-refractivity contribution in [2.75, 3.05) is 4.90 Å². The molecule has 0 amide bonds. The average Bonchev–Trinajstić information content (AvgIpc) is 3.39. The number of hydrogen-bond donors (Lipinski definition) is 0. The largest absolute Gasteiger partial charge is 0.352 e. The fourth-order valence-corrected chi connectivity index (χ4v) is 7.18. The summed E-state index contributed by atoms with van der Waals surface area (Å²) >= 11 is 12.4. The number of aryl methyl sites for hydroxylation is 1. The Bertz CT molecular complexity index is 1720. The highest BCUT2D eigenvalue weighted by Crippen LogP contribution is 2.61. The van der Waals surface area contributed by atoms with Gasteiger partial charge in [0.1, 0.15) is 11.5 Å². The van der Waals surface area contributed by atoms with Crippen LogP contribution in [0.1, 0.15) is 53.7 Å². The van der Waals surface area contributed by atoms with Crippen molar-refractivity contribution < 1.29 is 14.4 Å². The summed E-state index contributed by atoms with van der Waals surface area (Å²) < 4.78 is 0. The van der Waals surface area contributed by atoms with E-state index in [1.807, 2.05) is 48.2 Å². The molecule has 196 valence electrons. The number of halogens is 2. The molecular weight excluding hydrogens is 541 g/mol. The molecule has 0 saturated carbocycles. The smallest absolute Gasteiger partial charge is 0.185 e. The van der Waals surface area contributed by atoms with E-state index in [1.165, 1.54) is 0 Å². The van der Waals surface area contributed by atoms with Crippen LogP contribution in [0.3, 0.4) is 0 Å². The van der Waals surface area contributed by atoms with Gasteiger partial charge in [0.25, 0.3) is 0 Å². The zero-order chi connectivity index (χ0) is 27.8. The number of Topliss-reactive ketones (excluding diaryl/α,β-unsaturated/α-hetero) is 3. The Morgan fingerprint density at radius 2 is 1.40 bits per heavy atom. The lowest BCUT2D eigenvalue weighted by molar-refractivity contribution is 0.0666. The lowest BCUT2D eigenvalue weighted by Crippen LogP contribution is -2.48. The van der Waals surface area contributed by atoms with E-state index < -0.39 is 23.4 Å². The number of carbonyl (C=O) groups excluding carboxylic acids is 3. The molecule has 1 aliphatic carbocycles. The zero-order valence-electron chi connectivity index (χ0n) is 21.5. The van der Waals surface area contributed by atoms with Crippen LogP contribution in [0, 0.1) is 12.3 Å². The molecule has 0 N–H and O–H groups in total. The molecular formula is C34H23Cl2NO3. The fourth-order valence-electron chi connectivity index (χ4n) is 6.92. The van der Waals surface area contributed by atoms with E-state index in [4.69, 9.17) is 23.2 Å². The van der Waals surface area contributed by atoms with Gasteiger partial charge in [-0.05, 0) is 66.6 Å². The number of fused-ring (bicyclic) bond motifs is 5. The molecule has 4 aromatic carbocycles. The van der Waals surface area contributed by atoms with Crippen molar-refractivity contribution >= 4 is 52.3 Å². The summed E-state index contributed by atoms with van der Waals surface area (Å²) in [4.78, 5) is 45.8. The molecule has 6 heteroatoms. The number of nitrogens with zero attached hydrogens (tertiary/aromatic N) is 1. The summed E-state index contributed by atoms with van der Waals surface area (Å²) in [6, 6.07) is 25.4. The first-order valence-electron chi connectivity index (χ1n) is 13.1. The Balaban J connectivity index is 1.54. The Kier molecular flexibility index (Phi) is 5.64. The molecule has 0 radical (unpaired) electrons. The van der Waals surface area contributed by atoms with Crippen LogP contribution in [0.5, 0.6) is 0 Å². The van der Waals surface area contributed by atoms with Crippen molar-refractivity contribution in [1.29, 1.82) is 0 Å². The zero-order valence-corrected chi connectivity index (χ0v) is 23.0. The SMILES string of the molecule is Cc1ccc2c(c1)C=C[C@@H]1N2[C@@H](C(=O)c2ccc(Cl)cc2)[C@@H](c2ccc(Cl)cc2)C12C(=O)c1ccccc1C2=O. The molecule has 3 atom stereocenters. The van der Waals surface area contributed by atoms with Gasteiger partial charge in [-0.15, -0.1) is 0 Å². The van der Waals surface area contributed by atoms with Crippen LogP contribution < -0.4 is 4.90 Å². The molecule has 1 saturated heterocycles. The number of hydrogen-bond acceptors (Lipinski definition) is 4. The van der Waals surface area contributed by atoms with Crippen LogP contribution in [-0.2, 0) is 0 Å². The summed E-state index contributed by atoms with van der Waals surface area (Å²) in [5, 5.41) is 1.05. The maximum absolute atomic E-state index is 14.6. The lowest BCUT2D eigenvalue weighted by Gasteiger charge is -2.37. The van der Waals surface area contributed by atoms with Gasteiger partial charge in [-0.3, -0.25) is 14.4 Å². The van der Waals surface area contributed by atoms with E-state index >= 15 is 0 Å². The Hall–Kier alpha value is -3.99. The van der Waals surface area contributed by atoms with Crippen molar-refractivity contribution in [3.63, 3.8) is 0 Å². The molecule has 3 aliphatic rings. The van der Waals surface area contributed by atoms with E-state index in [9.17, 15) is 14.4 Å². The fraction of sp³-hybridized carbons (Fsp3) is 0.147. The predicted molar refractivity (Wildman–Crippen MR) is 158 cm³/mol. The molecule has 4 aromatic rings. The number of rotatable bonds is 3. The average molecular weight is 564 g/mol. The summed E-state index contributed by atoms with van der Waals surface area (Å²) in [5.41, 5.74) is 3.26. The minimum Gasteiger partial charge on any atom is -0.352 e. The Morgan fingerprint density at radius 1 is 0.800 bits per heavy atom. The van der Waals surface area contributed by atoms with Gasteiger partial charge in [0, 0.05) is 38.3 Å². The quantitative estimate of drug-likeness (QED) is 0.190. The van der Waals surface area contributed by atoms with Crippen molar-refractivity contribution in [3.05, 3.63) is 140 Å². The van der Waals surface area contributed by atoms with Crippen molar-refractivity contribution in [1.82, 2.24) is 0 Å². The Labute approximate surface area is 241 Å². The molecule has 2 aliphatic heterocycles. The lowest BCUT2D eigenvalue weighted by atomic mass is 9.64. The third kappa shape index (κ3) is 3.36. The van der Waals surface area contributed by atoms with E-state index in [2.05, 4.69) is 6.07 Å². The second-order valence-electron chi connectivity index (χ2n) is 10.7. The number of benzene rings is 4. The van der Waals surface area contributed by atoms with E-state index in [-0.39, 0.29) is 17.3 Å². The molecule has 40 heavy (non-hydrogen) atoms. The van der Waals surface area contributed by atoms with Crippen LogP contribution in [0.4, 0.5) is 5.69 Å². The molecule has 1 spiro atoms. The molecule has 7 rings (SSSR count). The van der Waals surface area contributed by atoms with Gasteiger partial charge in [-0.25, -0.2) is 0 Å². The summed E-state index contributed by atoms with van der Waals surface area (Å²) in [6.07, 6.45) is 3.91. The maximum Gasteiger partial charge on any atom is 0.185 e. The van der Waals surface area contributed by atoms with Gasteiger partial charge in [0.2, 0.25) is 0 Å². The molecule has 2 heterocycles.